The summed E-state index contributed by atoms with van der Waals surface area (Å²) in [6.45, 7) is 0.674. The van der Waals surface area contributed by atoms with Gasteiger partial charge in [0, 0.05) is 19.4 Å². The minimum atomic E-state index is -1.34. The molecule has 2 N–H and O–H groups in total. The molecule has 0 radical (unpaired) electrons. The van der Waals surface area contributed by atoms with Crippen molar-refractivity contribution in [2.24, 2.45) is 0 Å². The number of Topliss-reactive ketones (excluding diaryl/α,β-unsaturated/α-hetero) is 1. The summed E-state index contributed by atoms with van der Waals surface area (Å²) >= 11 is 0. The summed E-state index contributed by atoms with van der Waals surface area (Å²) in [4.78, 5) is 36.0. The van der Waals surface area contributed by atoms with E-state index in [1.54, 1.807) is 6.07 Å². The van der Waals surface area contributed by atoms with Gasteiger partial charge in [0.25, 0.3) is 0 Å². The number of anilines is 1. The Morgan fingerprint density at radius 3 is 2.67 bits per heavy atom. The van der Waals surface area contributed by atoms with Crippen LogP contribution < -0.4 is 9.64 Å². The molecule has 2 heterocycles. The van der Waals surface area contributed by atoms with E-state index in [1.807, 2.05) is 4.90 Å². The maximum absolute atomic E-state index is 11.5. The number of carboxylic acid groups (broad SMARTS) is 2. The minimum absolute atomic E-state index is 0.0769. The van der Waals surface area contributed by atoms with Crippen LogP contribution in [0, 0.1) is 0 Å². The van der Waals surface area contributed by atoms with E-state index in [4.69, 9.17) is 9.84 Å². The maximum atomic E-state index is 11.5. The molecule has 110 valence electrons. The molecular weight excluding hydrogens is 278 g/mol. The Kier molecular flexibility index (Phi) is 3.04. The van der Waals surface area contributed by atoms with Crippen LogP contribution >= 0.6 is 0 Å². The highest BCUT2D eigenvalue weighted by molar-refractivity contribution is 6.05. The predicted octanol–water partition coefficient (Wildman–Crippen LogP) is 1.01. The van der Waals surface area contributed by atoms with Gasteiger partial charge in [-0.25, -0.2) is 9.59 Å². The number of ether oxygens (including phenoxy) is 1. The van der Waals surface area contributed by atoms with Crippen LogP contribution in [-0.2, 0) is 4.79 Å². The van der Waals surface area contributed by atoms with Crippen LogP contribution in [0.3, 0.4) is 0 Å². The number of carbonyl (C=O) groups is 3. The fraction of sp³-hybridized carbons (Fsp3) is 0.357. The lowest BCUT2D eigenvalue weighted by Gasteiger charge is -2.41. The van der Waals surface area contributed by atoms with E-state index in [9.17, 15) is 19.5 Å². The Balaban J connectivity index is 2.12. The maximum Gasteiger partial charge on any atom is 0.340 e. The van der Waals surface area contributed by atoms with Crippen LogP contribution in [0.1, 0.15) is 33.6 Å². The smallest absolute Gasteiger partial charge is 0.340 e. The molecular formula is C14H13NO6. The topological polar surface area (TPSA) is 104 Å². The first-order valence-corrected chi connectivity index (χ1v) is 6.53. The van der Waals surface area contributed by atoms with Crippen molar-refractivity contribution in [1.82, 2.24) is 0 Å². The molecule has 1 fully saturated rings. The van der Waals surface area contributed by atoms with Crippen LogP contribution in [-0.4, -0.2) is 47.1 Å². The van der Waals surface area contributed by atoms with Crippen LogP contribution in [0.5, 0.6) is 5.75 Å². The second-order valence-electron chi connectivity index (χ2n) is 5.10. The normalized spacial score (nSPS) is 20.3. The van der Waals surface area contributed by atoms with Crippen LogP contribution in [0.2, 0.25) is 0 Å². The fourth-order valence-electron chi connectivity index (χ4n) is 2.88. The zero-order chi connectivity index (χ0) is 15.1. The summed E-state index contributed by atoms with van der Waals surface area (Å²) < 4.78 is 5.49. The number of piperidine rings is 1. The second kappa shape index (κ2) is 4.76. The first-order valence-electron chi connectivity index (χ1n) is 6.53. The van der Waals surface area contributed by atoms with Gasteiger partial charge in [0.05, 0.1) is 17.3 Å². The van der Waals surface area contributed by atoms with Gasteiger partial charge in [0.15, 0.2) is 5.75 Å². The summed E-state index contributed by atoms with van der Waals surface area (Å²) in [5.41, 5.74) is -0.0933. The van der Waals surface area contributed by atoms with Crippen molar-refractivity contribution in [1.29, 1.82) is 0 Å². The third-order valence-corrected chi connectivity index (χ3v) is 3.85. The molecule has 2 aliphatic heterocycles. The Bertz CT molecular complexity index is 653. The second-order valence-corrected chi connectivity index (χ2v) is 5.10. The summed E-state index contributed by atoms with van der Waals surface area (Å²) in [7, 11) is 0. The lowest BCUT2D eigenvalue weighted by molar-refractivity contribution is -0.120. The van der Waals surface area contributed by atoms with Crippen LogP contribution in [0.4, 0.5) is 5.69 Å². The van der Waals surface area contributed by atoms with Crippen molar-refractivity contribution in [3.05, 3.63) is 23.3 Å². The van der Waals surface area contributed by atoms with Crippen molar-refractivity contribution < 1.29 is 29.3 Å². The molecule has 1 saturated heterocycles. The molecule has 1 aromatic rings. The SMILES string of the molecule is O=C1CCN2c3ccc(C(=O)O)c(C(=O)O)c3OC[C@@H]2C1. The fourth-order valence-corrected chi connectivity index (χ4v) is 2.88. The molecule has 0 unspecified atom stereocenters. The molecule has 0 amide bonds. The molecule has 0 spiro atoms. The highest BCUT2D eigenvalue weighted by atomic mass is 16.5. The summed E-state index contributed by atoms with van der Waals surface area (Å²) in [5, 5.41) is 18.4. The van der Waals surface area contributed by atoms with E-state index < -0.39 is 11.9 Å². The monoisotopic (exact) mass is 291 g/mol. The van der Waals surface area contributed by atoms with Gasteiger partial charge in [-0.3, -0.25) is 4.79 Å². The largest absolute Gasteiger partial charge is 0.488 e. The van der Waals surface area contributed by atoms with Crippen molar-refractivity contribution in [2.75, 3.05) is 18.1 Å². The number of nitrogens with zero attached hydrogens (tertiary/aromatic N) is 1. The summed E-state index contributed by atoms with van der Waals surface area (Å²) in [6.07, 6.45) is 0.765. The third kappa shape index (κ3) is 2.10. The van der Waals surface area contributed by atoms with Gasteiger partial charge < -0.3 is 19.8 Å². The number of carboxylic acids is 2. The molecule has 0 aromatic heterocycles. The van der Waals surface area contributed by atoms with E-state index in [2.05, 4.69) is 0 Å². The van der Waals surface area contributed by atoms with E-state index in [0.717, 1.165) is 0 Å². The number of carbonyl (C=O) groups excluding carboxylic acids is 1. The van der Waals surface area contributed by atoms with Gasteiger partial charge in [-0.15, -0.1) is 0 Å². The Hall–Kier alpha value is -2.57. The lowest BCUT2D eigenvalue weighted by Crippen LogP contribution is -2.49. The Morgan fingerprint density at radius 2 is 2.00 bits per heavy atom. The first-order chi connectivity index (χ1) is 9.99. The molecule has 3 rings (SSSR count). The molecule has 0 bridgehead atoms. The Labute approximate surface area is 119 Å². The zero-order valence-corrected chi connectivity index (χ0v) is 11.0. The van der Waals surface area contributed by atoms with E-state index in [1.165, 1.54) is 6.07 Å². The standard InChI is InChI=1S/C14H13NO6/c16-8-3-4-15-7(5-8)6-21-12-10(15)2-1-9(13(17)18)11(12)14(19)20/h1-2,7H,3-6H2,(H,17,18)(H,19,20)/t7-/m0/s1. The van der Waals surface area contributed by atoms with Gasteiger partial charge in [0.1, 0.15) is 18.0 Å². The van der Waals surface area contributed by atoms with Gasteiger partial charge >= 0.3 is 11.9 Å². The number of benzene rings is 1. The van der Waals surface area contributed by atoms with E-state index >= 15 is 0 Å². The molecule has 21 heavy (non-hydrogen) atoms. The van der Waals surface area contributed by atoms with Gasteiger partial charge in [-0.2, -0.15) is 0 Å². The van der Waals surface area contributed by atoms with Gasteiger partial charge in [-0.1, -0.05) is 0 Å². The van der Waals surface area contributed by atoms with Crippen molar-refractivity contribution in [3.8, 4) is 5.75 Å². The van der Waals surface area contributed by atoms with E-state index in [-0.39, 0.29) is 35.3 Å². The summed E-state index contributed by atoms with van der Waals surface area (Å²) in [6, 6.07) is 2.70. The molecule has 7 nitrogen and oxygen atoms in total. The quantitative estimate of drug-likeness (QED) is 0.838. The Morgan fingerprint density at radius 1 is 1.24 bits per heavy atom. The number of rotatable bonds is 2. The van der Waals surface area contributed by atoms with Crippen molar-refractivity contribution in [3.63, 3.8) is 0 Å². The molecule has 7 heteroatoms. The third-order valence-electron chi connectivity index (χ3n) is 3.85. The highest BCUT2D eigenvalue weighted by Crippen LogP contribution is 2.40. The molecule has 2 aliphatic rings. The highest BCUT2D eigenvalue weighted by Gasteiger charge is 2.36. The number of fused-ring (bicyclic) bond motifs is 3. The first kappa shape index (κ1) is 13.4. The number of aromatic carboxylic acids is 2. The average Bonchev–Trinajstić information content (AvgIpc) is 2.44. The van der Waals surface area contributed by atoms with Gasteiger partial charge in [-0.05, 0) is 12.1 Å². The molecule has 0 aliphatic carbocycles. The van der Waals surface area contributed by atoms with E-state index in [0.29, 0.717) is 25.1 Å². The molecule has 0 saturated carbocycles. The molecule has 1 aromatic carbocycles. The predicted molar refractivity (Wildman–Crippen MR) is 71.2 cm³/mol. The average molecular weight is 291 g/mol. The van der Waals surface area contributed by atoms with Crippen LogP contribution in [0.25, 0.3) is 0 Å². The molecule has 1 atom stereocenters. The lowest BCUT2D eigenvalue weighted by atomic mass is 9.96. The zero-order valence-electron chi connectivity index (χ0n) is 11.0. The number of ketones is 1. The summed E-state index contributed by atoms with van der Waals surface area (Å²) in [5.74, 6) is -2.41. The van der Waals surface area contributed by atoms with Crippen LogP contribution in [0.15, 0.2) is 12.1 Å². The number of hydrogen-bond acceptors (Lipinski definition) is 5. The van der Waals surface area contributed by atoms with Crippen molar-refractivity contribution >= 4 is 23.4 Å². The minimum Gasteiger partial charge on any atom is -0.488 e. The number of hydrogen-bond donors (Lipinski definition) is 2. The van der Waals surface area contributed by atoms with Crippen molar-refractivity contribution in [2.45, 2.75) is 18.9 Å². The van der Waals surface area contributed by atoms with Gasteiger partial charge in [0.2, 0.25) is 0 Å².